The molecule has 1 aliphatic heterocycles. The van der Waals surface area contributed by atoms with E-state index in [1.165, 1.54) is 11.4 Å². The van der Waals surface area contributed by atoms with Gasteiger partial charge in [0.15, 0.2) is 0 Å². The molecule has 18 heavy (non-hydrogen) atoms. The number of likely N-dealkylation sites (N-methyl/N-ethyl adjacent to an activating group) is 2. The molecule has 5 nitrogen and oxygen atoms in total. The van der Waals surface area contributed by atoms with Crippen molar-refractivity contribution in [3.63, 3.8) is 0 Å². The Morgan fingerprint density at radius 3 is 2.67 bits per heavy atom. The molecule has 1 aliphatic rings. The molecule has 0 saturated heterocycles. The van der Waals surface area contributed by atoms with Gasteiger partial charge in [-0.3, -0.25) is 5.10 Å². The highest BCUT2D eigenvalue weighted by molar-refractivity contribution is 5.92. The normalized spacial score (nSPS) is 14.8. The summed E-state index contributed by atoms with van der Waals surface area (Å²) in [6, 6.07) is 6.30. The minimum Gasteiger partial charge on any atom is -0.384 e. The van der Waals surface area contributed by atoms with Crippen LogP contribution in [-0.4, -0.2) is 37.4 Å². The van der Waals surface area contributed by atoms with Crippen LogP contribution in [0.2, 0.25) is 0 Å². The van der Waals surface area contributed by atoms with Gasteiger partial charge < -0.3 is 15.5 Å². The van der Waals surface area contributed by atoms with Crippen molar-refractivity contribution in [3.8, 4) is 11.1 Å². The van der Waals surface area contributed by atoms with E-state index in [1.807, 2.05) is 0 Å². The summed E-state index contributed by atoms with van der Waals surface area (Å²) in [5.41, 5.74) is 10.5. The van der Waals surface area contributed by atoms with Gasteiger partial charge in [0.1, 0.15) is 5.82 Å². The molecular formula is C13H17N5. The fraction of sp³-hybridized carbons (Fsp3) is 0.308. The summed E-state index contributed by atoms with van der Waals surface area (Å²) in [7, 11) is 4.24. The van der Waals surface area contributed by atoms with E-state index in [0.717, 1.165) is 24.2 Å². The van der Waals surface area contributed by atoms with Crippen molar-refractivity contribution in [3.05, 3.63) is 24.4 Å². The van der Waals surface area contributed by atoms with Gasteiger partial charge in [-0.2, -0.15) is 5.10 Å². The maximum absolute atomic E-state index is 5.94. The van der Waals surface area contributed by atoms with Crippen LogP contribution in [0.4, 0.5) is 17.2 Å². The van der Waals surface area contributed by atoms with Crippen molar-refractivity contribution in [2.75, 3.05) is 42.7 Å². The third-order valence-electron chi connectivity index (χ3n) is 3.54. The molecular weight excluding hydrogens is 226 g/mol. The van der Waals surface area contributed by atoms with E-state index in [4.69, 9.17) is 5.73 Å². The molecule has 0 aliphatic carbocycles. The Hall–Kier alpha value is -2.17. The number of nitrogen functional groups attached to an aromatic ring is 1. The number of aromatic nitrogens is 2. The molecule has 94 valence electrons. The summed E-state index contributed by atoms with van der Waals surface area (Å²) in [4.78, 5) is 4.55. The average molecular weight is 243 g/mol. The van der Waals surface area contributed by atoms with Crippen LogP contribution in [0.3, 0.4) is 0 Å². The van der Waals surface area contributed by atoms with Crippen LogP contribution in [0.15, 0.2) is 24.4 Å². The molecule has 2 aromatic rings. The van der Waals surface area contributed by atoms with Crippen molar-refractivity contribution in [1.29, 1.82) is 0 Å². The van der Waals surface area contributed by atoms with Crippen molar-refractivity contribution in [1.82, 2.24) is 10.2 Å². The Labute approximate surface area is 106 Å². The second kappa shape index (κ2) is 3.94. The molecule has 5 heteroatoms. The largest absolute Gasteiger partial charge is 0.384 e. The third-order valence-corrected chi connectivity index (χ3v) is 3.54. The molecule has 0 atom stereocenters. The molecule has 0 unspecified atom stereocenters. The van der Waals surface area contributed by atoms with Gasteiger partial charge in [0, 0.05) is 38.3 Å². The highest BCUT2D eigenvalue weighted by Crippen LogP contribution is 2.41. The predicted octanol–water partition coefficient (Wildman–Crippen LogP) is 1.54. The number of hydrogen-bond acceptors (Lipinski definition) is 4. The fourth-order valence-corrected chi connectivity index (χ4v) is 2.50. The monoisotopic (exact) mass is 243 g/mol. The Morgan fingerprint density at radius 2 is 1.94 bits per heavy atom. The van der Waals surface area contributed by atoms with Crippen LogP contribution in [0, 0.1) is 0 Å². The number of nitrogens with one attached hydrogen (secondary N) is 1. The van der Waals surface area contributed by atoms with Gasteiger partial charge >= 0.3 is 0 Å². The lowest BCUT2D eigenvalue weighted by molar-refractivity contribution is 0.799. The summed E-state index contributed by atoms with van der Waals surface area (Å²) < 4.78 is 0. The summed E-state index contributed by atoms with van der Waals surface area (Å²) >= 11 is 0. The lowest BCUT2D eigenvalue weighted by Gasteiger charge is -2.36. The highest BCUT2D eigenvalue weighted by atomic mass is 15.2. The van der Waals surface area contributed by atoms with Gasteiger partial charge in [0.25, 0.3) is 0 Å². The van der Waals surface area contributed by atoms with E-state index >= 15 is 0 Å². The number of H-pyrrole nitrogens is 1. The van der Waals surface area contributed by atoms with Gasteiger partial charge in [0.2, 0.25) is 0 Å². The maximum atomic E-state index is 5.94. The Bertz CT molecular complexity index is 575. The zero-order chi connectivity index (χ0) is 12.7. The van der Waals surface area contributed by atoms with Crippen molar-refractivity contribution in [2.24, 2.45) is 0 Å². The Morgan fingerprint density at radius 1 is 1.17 bits per heavy atom. The maximum Gasteiger partial charge on any atom is 0.126 e. The molecule has 0 fully saturated rings. The Balaban J connectivity index is 2.23. The molecule has 2 heterocycles. The number of hydrogen-bond donors (Lipinski definition) is 2. The van der Waals surface area contributed by atoms with Gasteiger partial charge in [-0.1, -0.05) is 12.1 Å². The number of para-hydroxylation sites is 1. The zero-order valence-corrected chi connectivity index (χ0v) is 10.6. The molecule has 3 N–H and O–H groups in total. The second-order valence-corrected chi connectivity index (χ2v) is 4.71. The van der Waals surface area contributed by atoms with Crippen LogP contribution in [0.5, 0.6) is 0 Å². The van der Waals surface area contributed by atoms with E-state index in [0.29, 0.717) is 5.82 Å². The standard InChI is InChI=1S/C13H17N5/c1-17-6-7-18(2)12-9(4-3-5-11(12)17)10-8-15-16-13(10)14/h3-5,8H,6-7H2,1-2H3,(H3,14,15,16). The van der Waals surface area contributed by atoms with Crippen molar-refractivity contribution < 1.29 is 0 Å². The number of nitrogens with zero attached hydrogens (tertiary/aromatic N) is 3. The van der Waals surface area contributed by atoms with Crippen LogP contribution >= 0.6 is 0 Å². The zero-order valence-electron chi connectivity index (χ0n) is 10.6. The first-order valence-corrected chi connectivity index (χ1v) is 6.03. The second-order valence-electron chi connectivity index (χ2n) is 4.71. The number of rotatable bonds is 1. The SMILES string of the molecule is CN1CCN(C)c2c(-c3cn[nH]c3N)cccc21. The first-order chi connectivity index (χ1) is 8.68. The van der Waals surface area contributed by atoms with Crippen LogP contribution < -0.4 is 15.5 Å². The lowest BCUT2D eigenvalue weighted by Crippen LogP contribution is -2.37. The molecule has 1 aromatic carbocycles. The van der Waals surface area contributed by atoms with Gasteiger partial charge in [-0.05, 0) is 6.07 Å². The lowest BCUT2D eigenvalue weighted by atomic mass is 10.0. The van der Waals surface area contributed by atoms with E-state index in [9.17, 15) is 0 Å². The van der Waals surface area contributed by atoms with E-state index in [2.05, 4.69) is 52.3 Å². The minimum atomic E-state index is 0.616. The van der Waals surface area contributed by atoms with Crippen molar-refractivity contribution >= 4 is 17.2 Å². The average Bonchev–Trinajstić information content (AvgIpc) is 2.79. The number of nitrogens with two attached hydrogens (primary N) is 1. The first-order valence-electron chi connectivity index (χ1n) is 6.03. The quantitative estimate of drug-likeness (QED) is 0.797. The number of fused-ring (bicyclic) bond motifs is 1. The minimum absolute atomic E-state index is 0.616. The van der Waals surface area contributed by atoms with E-state index < -0.39 is 0 Å². The molecule has 0 spiro atoms. The van der Waals surface area contributed by atoms with Crippen molar-refractivity contribution in [2.45, 2.75) is 0 Å². The van der Waals surface area contributed by atoms with Crippen LogP contribution in [-0.2, 0) is 0 Å². The number of aromatic amines is 1. The molecule has 0 radical (unpaired) electrons. The predicted molar refractivity (Wildman–Crippen MR) is 75.0 cm³/mol. The molecule has 3 rings (SSSR count). The summed E-state index contributed by atoms with van der Waals surface area (Å²) in [6.45, 7) is 2.05. The highest BCUT2D eigenvalue weighted by Gasteiger charge is 2.22. The number of benzene rings is 1. The fourth-order valence-electron chi connectivity index (χ4n) is 2.50. The van der Waals surface area contributed by atoms with Crippen LogP contribution in [0.1, 0.15) is 0 Å². The summed E-state index contributed by atoms with van der Waals surface area (Å²) in [6.07, 6.45) is 1.79. The Kier molecular flexibility index (Phi) is 2.40. The molecule has 1 aromatic heterocycles. The van der Waals surface area contributed by atoms with Crippen LogP contribution in [0.25, 0.3) is 11.1 Å². The topological polar surface area (TPSA) is 61.2 Å². The first kappa shape index (κ1) is 11.0. The molecule has 0 saturated carbocycles. The third kappa shape index (κ3) is 1.51. The number of anilines is 3. The van der Waals surface area contributed by atoms with E-state index in [-0.39, 0.29) is 0 Å². The summed E-state index contributed by atoms with van der Waals surface area (Å²) in [5, 5.41) is 6.80. The van der Waals surface area contributed by atoms with Gasteiger partial charge in [0.05, 0.1) is 17.6 Å². The van der Waals surface area contributed by atoms with Gasteiger partial charge in [-0.25, -0.2) is 0 Å². The smallest absolute Gasteiger partial charge is 0.126 e. The van der Waals surface area contributed by atoms with E-state index in [1.54, 1.807) is 6.20 Å². The molecule has 0 bridgehead atoms. The molecule has 0 amide bonds. The van der Waals surface area contributed by atoms with Gasteiger partial charge in [-0.15, -0.1) is 0 Å². The summed E-state index contributed by atoms with van der Waals surface area (Å²) in [5.74, 6) is 0.616.